The predicted octanol–water partition coefficient (Wildman–Crippen LogP) is 3.10. The molecular formula is C22H20F4N4O4. The Morgan fingerprint density at radius 1 is 1.12 bits per heavy atom. The fourth-order valence-corrected chi connectivity index (χ4v) is 3.94. The van der Waals surface area contributed by atoms with E-state index in [1.165, 1.54) is 24.3 Å². The van der Waals surface area contributed by atoms with Crippen molar-refractivity contribution in [3.8, 4) is 5.75 Å². The van der Waals surface area contributed by atoms with E-state index in [2.05, 4.69) is 20.7 Å². The van der Waals surface area contributed by atoms with Gasteiger partial charge in [0.1, 0.15) is 17.4 Å². The minimum absolute atomic E-state index is 0.00210. The van der Waals surface area contributed by atoms with Crippen LogP contribution in [0.25, 0.3) is 0 Å². The van der Waals surface area contributed by atoms with Gasteiger partial charge in [-0.05, 0) is 30.7 Å². The molecule has 2 aliphatic rings. The SMILES string of the molecule is O=C1CCC(c2c(F)cc(N3CC(NC(=O)Nc4cccc(OC(F)F)c4)C3)cc2F)C(=O)N1. The number of amides is 4. The molecule has 34 heavy (non-hydrogen) atoms. The number of urea groups is 1. The summed E-state index contributed by atoms with van der Waals surface area (Å²) in [5.74, 6) is -4.16. The van der Waals surface area contributed by atoms with Crippen LogP contribution in [0.15, 0.2) is 36.4 Å². The van der Waals surface area contributed by atoms with Gasteiger partial charge in [0.15, 0.2) is 0 Å². The van der Waals surface area contributed by atoms with Crippen molar-refractivity contribution in [2.24, 2.45) is 0 Å². The molecule has 3 N–H and O–H groups in total. The van der Waals surface area contributed by atoms with Gasteiger partial charge in [0, 0.05) is 42.5 Å². The summed E-state index contributed by atoms with van der Waals surface area (Å²) in [7, 11) is 0. The molecule has 4 amide bonds. The molecule has 12 heteroatoms. The predicted molar refractivity (Wildman–Crippen MR) is 113 cm³/mol. The average Bonchev–Trinajstić information content (AvgIpc) is 2.71. The highest BCUT2D eigenvalue weighted by molar-refractivity contribution is 6.01. The van der Waals surface area contributed by atoms with Crippen LogP contribution in [0.2, 0.25) is 0 Å². The number of ether oxygens (including phenoxy) is 1. The van der Waals surface area contributed by atoms with Gasteiger partial charge >= 0.3 is 12.6 Å². The summed E-state index contributed by atoms with van der Waals surface area (Å²) >= 11 is 0. The third-order valence-corrected chi connectivity index (χ3v) is 5.55. The molecule has 0 radical (unpaired) electrons. The number of benzene rings is 2. The molecule has 2 aromatic rings. The molecule has 180 valence electrons. The van der Waals surface area contributed by atoms with E-state index >= 15 is 0 Å². The molecule has 1 unspecified atom stereocenters. The summed E-state index contributed by atoms with van der Waals surface area (Å²) in [4.78, 5) is 37.1. The van der Waals surface area contributed by atoms with Gasteiger partial charge in [-0.1, -0.05) is 6.07 Å². The van der Waals surface area contributed by atoms with Crippen molar-refractivity contribution in [2.75, 3.05) is 23.3 Å². The molecular weight excluding hydrogens is 460 g/mol. The highest BCUT2D eigenvalue weighted by Crippen LogP contribution is 2.33. The molecule has 4 rings (SSSR count). The second-order valence-corrected chi connectivity index (χ2v) is 7.93. The number of nitrogens with one attached hydrogen (secondary N) is 3. The average molecular weight is 480 g/mol. The van der Waals surface area contributed by atoms with Crippen LogP contribution in [0.4, 0.5) is 33.7 Å². The van der Waals surface area contributed by atoms with Crippen LogP contribution in [0.5, 0.6) is 5.75 Å². The van der Waals surface area contributed by atoms with Gasteiger partial charge in [0.2, 0.25) is 11.8 Å². The monoisotopic (exact) mass is 480 g/mol. The highest BCUT2D eigenvalue weighted by atomic mass is 19.3. The van der Waals surface area contributed by atoms with Crippen LogP contribution in [0, 0.1) is 11.6 Å². The van der Waals surface area contributed by atoms with Gasteiger partial charge in [0.05, 0.1) is 12.0 Å². The number of carbonyl (C=O) groups is 3. The smallest absolute Gasteiger partial charge is 0.387 e. The number of halogens is 4. The summed E-state index contributed by atoms with van der Waals surface area (Å²) in [5.41, 5.74) is 0.128. The van der Waals surface area contributed by atoms with E-state index < -0.39 is 42.0 Å². The molecule has 0 spiro atoms. The van der Waals surface area contributed by atoms with E-state index in [0.29, 0.717) is 0 Å². The Hall–Kier alpha value is -3.83. The summed E-state index contributed by atoms with van der Waals surface area (Å²) in [6.45, 7) is -2.44. The molecule has 8 nitrogen and oxygen atoms in total. The van der Waals surface area contributed by atoms with Crippen LogP contribution in [0.3, 0.4) is 0 Å². The largest absolute Gasteiger partial charge is 0.435 e. The van der Waals surface area contributed by atoms with Crippen molar-refractivity contribution in [2.45, 2.75) is 31.4 Å². The molecule has 1 atom stereocenters. The number of hydrogen-bond acceptors (Lipinski definition) is 5. The Labute approximate surface area is 191 Å². The fraction of sp³-hybridized carbons (Fsp3) is 0.318. The van der Waals surface area contributed by atoms with Gasteiger partial charge in [-0.2, -0.15) is 8.78 Å². The maximum absolute atomic E-state index is 14.7. The van der Waals surface area contributed by atoms with E-state index in [9.17, 15) is 31.9 Å². The summed E-state index contributed by atoms with van der Waals surface area (Å²) < 4.78 is 58.3. The maximum Gasteiger partial charge on any atom is 0.387 e. The molecule has 0 bridgehead atoms. The van der Waals surface area contributed by atoms with Gasteiger partial charge in [-0.25, -0.2) is 13.6 Å². The zero-order chi connectivity index (χ0) is 24.4. The third-order valence-electron chi connectivity index (χ3n) is 5.55. The first-order chi connectivity index (χ1) is 16.2. The van der Waals surface area contributed by atoms with Gasteiger partial charge in [-0.3, -0.25) is 14.9 Å². The fourth-order valence-electron chi connectivity index (χ4n) is 3.94. The number of nitrogens with zero attached hydrogens (tertiary/aromatic N) is 1. The summed E-state index contributed by atoms with van der Waals surface area (Å²) in [6, 6.07) is 6.85. The van der Waals surface area contributed by atoms with Gasteiger partial charge in [-0.15, -0.1) is 0 Å². The van der Waals surface area contributed by atoms with E-state index in [1.54, 1.807) is 4.90 Å². The first-order valence-corrected chi connectivity index (χ1v) is 10.4. The lowest BCUT2D eigenvalue weighted by Gasteiger charge is -2.41. The molecule has 2 aliphatic heterocycles. The van der Waals surface area contributed by atoms with Crippen molar-refractivity contribution in [1.29, 1.82) is 0 Å². The Morgan fingerprint density at radius 3 is 2.47 bits per heavy atom. The number of rotatable bonds is 6. The lowest BCUT2D eigenvalue weighted by Crippen LogP contribution is -2.60. The third kappa shape index (κ3) is 5.21. The number of alkyl halides is 2. The normalized spacial score (nSPS) is 18.4. The first-order valence-electron chi connectivity index (χ1n) is 10.4. The van der Waals surface area contributed by atoms with Crippen molar-refractivity contribution in [1.82, 2.24) is 10.6 Å². The van der Waals surface area contributed by atoms with Crippen LogP contribution in [-0.2, 0) is 9.59 Å². The van der Waals surface area contributed by atoms with E-state index in [4.69, 9.17) is 0 Å². The molecule has 2 heterocycles. The molecule has 0 aromatic heterocycles. The van der Waals surface area contributed by atoms with Crippen molar-refractivity contribution >= 4 is 29.2 Å². The maximum atomic E-state index is 14.7. The first kappa shape index (κ1) is 23.3. The minimum atomic E-state index is -2.99. The quantitative estimate of drug-likeness (QED) is 0.436. The Bertz CT molecular complexity index is 1100. The Kier molecular flexibility index (Phi) is 6.57. The van der Waals surface area contributed by atoms with E-state index in [-0.39, 0.29) is 54.7 Å². The molecule has 2 fully saturated rings. The standard InChI is InChI=1S/C22H20F4N4O4/c23-16-7-13(8-17(24)19(16)15-4-5-18(31)29-20(15)32)30-9-12(10-30)28-22(33)27-11-2-1-3-14(6-11)34-21(25)26/h1-3,6-8,12,15,21H,4-5,9-10H2,(H2,27,28,33)(H,29,31,32). The van der Waals surface area contributed by atoms with Gasteiger partial charge < -0.3 is 20.3 Å². The summed E-state index contributed by atoms with van der Waals surface area (Å²) in [6.07, 6.45) is 0.0297. The lowest BCUT2D eigenvalue weighted by molar-refractivity contribution is -0.134. The van der Waals surface area contributed by atoms with Crippen LogP contribution in [0.1, 0.15) is 24.3 Å². The number of hydrogen-bond donors (Lipinski definition) is 3. The Balaban J connectivity index is 1.32. The molecule has 2 saturated heterocycles. The topological polar surface area (TPSA) is 99.8 Å². The minimum Gasteiger partial charge on any atom is -0.435 e. The number of imide groups is 1. The lowest BCUT2D eigenvalue weighted by atomic mass is 9.89. The second kappa shape index (κ2) is 9.57. The van der Waals surface area contributed by atoms with Gasteiger partial charge in [0.25, 0.3) is 0 Å². The molecule has 0 saturated carbocycles. The second-order valence-electron chi connectivity index (χ2n) is 7.93. The molecule has 0 aliphatic carbocycles. The zero-order valence-electron chi connectivity index (χ0n) is 17.6. The van der Waals surface area contributed by atoms with Crippen LogP contribution < -0.4 is 25.6 Å². The van der Waals surface area contributed by atoms with E-state index in [1.807, 2.05) is 0 Å². The van der Waals surface area contributed by atoms with Crippen molar-refractivity contribution in [3.05, 3.63) is 53.6 Å². The number of anilines is 2. The zero-order valence-corrected chi connectivity index (χ0v) is 17.6. The van der Waals surface area contributed by atoms with E-state index in [0.717, 1.165) is 12.1 Å². The number of piperidine rings is 1. The van der Waals surface area contributed by atoms with Crippen molar-refractivity contribution in [3.63, 3.8) is 0 Å². The number of carbonyl (C=O) groups excluding carboxylic acids is 3. The highest BCUT2D eigenvalue weighted by Gasteiger charge is 2.34. The molecule has 2 aromatic carbocycles. The Morgan fingerprint density at radius 2 is 1.82 bits per heavy atom. The summed E-state index contributed by atoms with van der Waals surface area (Å²) in [5, 5.41) is 7.26. The van der Waals surface area contributed by atoms with Crippen LogP contribution in [-0.4, -0.2) is 43.6 Å². The van der Waals surface area contributed by atoms with Crippen molar-refractivity contribution < 1.29 is 36.7 Å². The van der Waals surface area contributed by atoms with Crippen LogP contribution >= 0.6 is 0 Å².